The van der Waals surface area contributed by atoms with Crippen LogP contribution >= 0.6 is 0 Å². The molecule has 0 saturated heterocycles. The molecule has 0 saturated carbocycles. The van der Waals surface area contributed by atoms with Crippen LogP contribution in [0.3, 0.4) is 0 Å². The fourth-order valence-corrected chi connectivity index (χ4v) is 4.85. The average molecular weight is 440 g/mol. The summed E-state index contributed by atoms with van der Waals surface area (Å²) in [6.45, 7) is 13.8. The molecule has 0 aromatic rings. The van der Waals surface area contributed by atoms with Crippen molar-refractivity contribution in [1.82, 2.24) is 4.90 Å². The third-order valence-electron chi connectivity index (χ3n) is 6.83. The first-order valence-electron chi connectivity index (χ1n) is 14.5. The molecule has 0 fully saturated rings. The van der Waals surface area contributed by atoms with Gasteiger partial charge in [0.05, 0.1) is 6.10 Å². The average Bonchev–Trinajstić information content (AvgIpc) is 2.74. The molecule has 2 atom stereocenters. The van der Waals surface area contributed by atoms with Gasteiger partial charge in [-0.2, -0.15) is 0 Å². The van der Waals surface area contributed by atoms with E-state index in [1.165, 1.54) is 129 Å². The summed E-state index contributed by atoms with van der Waals surface area (Å²) in [7, 11) is 0. The molecule has 0 aliphatic rings. The van der Waals surface area contributed by atoms with Gasteiger partial charge in [0.15, 0.2) is 0 Å². The predicted molar refractivity (Wildman–Crippen MR) is 141 cm³/mol. The number of nitrogens with zero attached hydrogens (tertiary/aromatic N) is 1. The molecule has 1 N–H and O–H groups in total. The van der Waals surface area contributed by atoms with Gasteiger partial charge in [0.2, 0.25) is 0 Å². The normalized spacial score (nSPS) is 13.9. The molecule has 0 bridgehead atoms. The smallest absolute Gasteiger partial charge is 0.0697 e. The van der Waals surface area contributed by atoms with E-state index in [2.05, 4.69) is 39.5 Å². The van der Waals surface area contributed by atoms with E-state index in [9.17, 15) is 5.11 Å². The van der Waals surface area contributed by atoms with Crippen molar-refractivity contribution in [3.8, 4) is 0 Å². The molecule has 0 amide bonds. The molecule has 0 aromatic carbocycles. The largest absolute Gasteiger partial charge is 0.391 e. The summed E-state index contributed by atoms with van der Waals surface area (Å²) < 4.78 is 0. The Morgan fingerprint density at radius 3 is 1.35 bits per heavy atom. The van der Waals surface area contributed by atoms with Crippen LogP contribution in [0.4, 0.5) is 0 Å². The van der Waals surface area contributed by atoms with Crippen molar-refractivity contribution in [2.24, 2.45) is 5.92 Å². The van der Waals surface area contributed by atoms with Gasteiger partial charge in [0.25, 0.3) is 0 Å². The van der Waals surface area contributed by atoms with Crippen molar-refractivity contribution >= 4 is 0 Å². The van der Waals surface area contributed by atoms with Crippen LogP contribution in [0.15, 0.2) is 0 Å². The summed E-state index contributed by atoms with van der Waals surface area (Å²) in [5.41, 5.74) is 0. The van der Waals surface area contributed by atoms with Crippen LogP contribution < -0.4 is 0 Å². The van der Waals surface area contributed by atoms with Crippen LogP contribution in [0, 0.1) is 5.92 Å². The fraction of sp³-hybridized carbons (Fsp3) is 1.00. The Kier molecular flexibility index (Phi) is 23.0. The van der Waals surface area contributed by atoms with Crippen molar-refractivity contribution in [3.63, 3.8) is 0 Å². The molecule has 0 heterocycles. The van der Waals surface area contributed by atoms with Crippen molar-refractivity contribution in [2.75, 3.05) is 13.1 Å². The maximum atomic E-state index is 11.2. The number of aliphatic hydroxyl groups excluding tert-OH is 1. The number of unbranched alkanes of at least 4 members (excludes halogenated alkanes) is 14. The van der Waals surface area contributed by atoms with Gasteiger partial charge in [-0.3, -0.25) is 4.90 Å². The minimum absolute atomic E-state index is 0.161. The van der Waals surface area contributed by atoms with Gasteiger partial charge in [-0.1, -0.05) is 131 Å². The highest BCUT2D eigenvalue weighted by Gasteiger charge is 2.25. The van der Waals surface area contributed by atoms with Gasteiger partial charge in [-0.15, -0.1) is 0 Å². The zero-order chi connectivity index (χ0) is 23.2. The van der Waals surface area contributed by atoms with E-state index in [0.29, 0.717) is 12.0 Å². The molecule has 0 aliphatic heterocycles. The van der Waals surface area contributed by atoms with Crippen molar-refractivity contribution < 1.29 is 5.11 Å². The highest BCUT2D eigenvalue weighted by molar-refractivity contribution is 4.80. The minimum Gasteiger partial charge on any atom is -0.391 e. The molecular weight excluding hydrogens is 378 g/mol. The molecule has 0 rings (SSSR count). The lowest BCUT2D eigenvalue weighted by atomic mass is 9.93. The predicted octanol–water partition coefficient (Wildman–Crippen LogP) is 9.15. The SMILES string of the molecule is CCCCCCCCN(CCCCCCCC)C(CCCCCCC)C(O)CC(C)C. The summed E-state index contributed by atoms with van der Waals surface area (Å²) >= 11 is 0. The summed E-state index contributed by atoms with van der Waals surface area (Å²) in [5.74, 6) is 0.572. The lowest BCUT2D eigenvalue weighted by molar-refractivity contribution is 0.0276. The molecule has 0 spiro atoms. The van der Waals surface area contributed by atoms with Crippen molar-refractivity contribution in [1.29, 1.82) is 0 Å². The Morgan fingerprint density at radius 1 is 0.548 bits per heavy atom. The molecule has 188 valence electrons. The Morgan fingerprint density at radius 2 is 0.935 bits per heavy atom. The molecule has 0 aromatic heterocycles. The van der Waals surface area contributed by atoms with Gasteiger partial charge in [0.1, 0.15) is 0 Å². The number of hydrogen-bond acceptors (Lipinski definition) is 2. The van der Waals surface area contributed by atoms with E-state index >= 15 is 0 Å². The highest BCUT2D eigenvalue weighted by Crippen LogP contribution is 2.22. The van der Waals surface area contributed by atoms with E-state index in [-0.39, 0.29) is 6.10 Å². The standard InChI is InChI=1S/C29H61NO/c1-6-9-12-15-18-21-24-30(25-22-19-16-13-10-7-2)28(29(31)26-27(4)5)23-20-17-14-11-8-3/h27-29,31H,6-26H2,1-5H3. The Hall–Kier alpha value is -0.0800. The molecule has 2 unspecified atom stereocenters. The van der Waals surface area contributed by atoms with E-state index in [0.717, 1.165) is 6.42 Å². The molecule has 2 nitrogen and oxygen atoms in total. The minimum atomic E-state index is -0.161. The number of aliphatic hydroxyl groups is 1. The molecular formula is C29H61NO. The van der Waals surface area contributed by atoms with Crippen molar-refractivity contribution in [2.45, 2.75) is 169 Å². The first-order chi connectivity index (χ1) is 15.1. The third-order valence-corrected chi connectivity index (χ3v) is 6.83. The van der Waals surface area contributed by atoms with Gasteiger partial charge >= 0.3 is 0 Å². The summed E-state index contributed by atoms with van der Waals surface area (Å²) in [5, 5.41) is 11.2. The van der Waals surface area contributed by atoms with Crippen LogP contribution in [0.5, 0.6) is 0 Å². The molecule has 0 aliphatic carbocycles. The Bertz CT molecular complexity index is 328. The second kappa shape index (κ2) is 23.1. The lowest BCUT2D eigenvalue weighted by Crippen LogP contribution is -2.45. The second-order valence-electron chi connectivity index (χ2n) is 10.5. The van der Waals surface area contributed by atoms with Gasteiger partial charge < -0.3 is 5.11 Å². The summed E-state index contributed by atoms with van der Waals surface area (Å²) in [6, 6.07) is 0.371. The Labute approximate surface area is 198 Å². The monoisotopic (exact) mass is 439 g/mol. The zero-order valence-electron chi connectivity index (χ0n) is 22.5. The fourth-order valence-electron chi connectivity index (χ4n) is 4.85. The molecule has 0 radical (unpaired) electrons. The third kappa shape index (κ3) is 19.1. The van der Waals surface area contributed by atoms with E-state index in [1.807, 2.05) is 0 Å². The quantitative estimate of drug-likeness (QED) is 0.151. The van der Waals surface area contributed by atoms with E-state index < -0.39 is 0 Å². The van der Waals surface area contributed by atoms with Crippen LogP contribution in [-0.4, -0.2) is 35.2 Å². The van der Waals surface area contributed by atoms with Crippen LogP contribution in [0.2, 0.25) is 0 Å². The van der Waals surface area contributed by atoms with Crippen LogP contribution in [-0.2, 0) is 0 Å². The molecule has 31 heavy (non-hydrogen) atoms. The lowest BCUT2D eigenvalue weighted by Gasteiger charge is -2.36. The summed E-state index contributed by atoms with van der Waals surface area (Å²) in [6.07, 6.45) is 24.9. The highest BCUT2D eigenvalue weighted by atomic mass is 16.3. The van der Waals surface area contributed by atoms with Gasteiger partial charge in [-0.05, 0) is 44.7 Å². The maximum Gasteiger partial charge on any atom is 0.0697 e. The van der Waals surface area contributed by atoms with Crippen LogP contribution in [0.1, 0.15) is 157 Å². The second-order valence-corrected chi connectivity index (χ2v) is 10.5. The van der Waals surface area contributed by atoms with E-state index in [4.69, 9.17) is 0 Å². The zero-order valence-corrected chi connectivity index (χ0v) is 22.5. The number of hydrogen-bond donors (Lipinski definition) is 1. The first kappa shape index (κ1) is 30.9. The maximum absolute atomic E-state index is 11.2. The van der Waals surface area contributed by atoms with E-state index in [1.54, 1.807) is 0 Å². The van der Waals surface area contributed by atoms with Crippen LogP contribution in [0.25, 0.3) is 0 Å². The summed E-state index contributed by atoms with van der Waals surface area (Å²) in [4.78, 5) is 2.71. The molecule has 2 heteroatoms. The number of rotatable bonds is 24. The van der Waals surface area contributed by atoms with Gasteiger partial charge in [0, 0.05) is 6.04 Å². The first-order valence-corrected chi connectivity index (χ1v) is 14.5. The topological polar surface area (TPSA) is 23.5 Å². The Balaban J connectivity index is 4.78. The van der Waals surface area contributed by atoms with Gasteiger partial charge in [-0.25, -0.2) is 0 Å². The van der Waals surface area contributed by atoms with Crippen molar-refractivity contribution in [3.05, 3.63) is 0 Å².